The van der Waals surface area contributed by atoms with Gasteiger partial charge in [-0.1, -0.05) is 24.3 Å². The molecule has 2 aliphatic heterocycles. The first kappa shape index (κ1) is 23.1. The van der Waals surface area contributed by atoms with E-state index in [4.69, 9.17) is 14.2 Å². The second-order valence-electron chi connectivity index (χ2n) is 7.99. The molecular formula is C23H26N2O7S. The number of nitrogens with zero attached hydrogens (tertiary/aromatic N) is 1. The molecule has 2 aliphatic rings. The number of hydrogen-bond donors (Lipinski definition) is 1. The number of ether oxygens (including phenoxy) is 3. The molecule has 176 valence electrons. The van der Waals surface area contributed by atoms with Crippen molar-refractivity contribution >= 4 is 21.8 Å². The molecule has 0 radical (unpaired) electrons. The van der Waals surface area contributed by atoms with E-state index in [1.54, 1.807) is 31.4 Å². The minimum atomic E-state index is -3.99. The zero-order valence-corrected chi connectivity index (χ0v) is 19.0. The third-order valence-electron chi connectivity index (χ3n) is 5.66. The van der Waals surface area contributed by atoms with Crippen molar-refractivity contribution in [3.05, 3.63) is 54.1 Å². The van der Waals surface area contributed by atoms with Crippen LogP contribution in [0.4, 0.5) is 0 Å². The molecule has 4 rings (SSSR count). The Labute approximate surface area is 192 Å². The molecule has 10 heteroatoms. The second-order valence-corrected chi connectivity index (χ2v) is 9.67. The Morgan fingerprint density at radius 2 is 1.97 bits per heavy atom. The summed E-state index contributed by atoms with van der Waals surface area (Å²) in [6, 6.07) is 13.1. The maximum atomic E-state index is 12.5. The summed E-state index contributed by atoms with van der Waals surface area (Å²) in [7, 11) is -2.43. The number of hydrogen-bond acceptors (Lipinski definition) is 7. The Hall–Kier alpha value is -3.11. The Morgan fingerprint density at radius 1 is 1.18 bits per heavy atom. The van der Waals surface area contributed by atoms with Crippen molar-refractivity contribution in [1.82, 2.24) is 9.62 Å². The molecule has 0 saturated carbocycles. The van der Waals surface area contributed by atoms with Crippen molar-refractivity contribution in [2.75, 3.05) is 26.8 Å². The Morgan fingerprint density at radius 3 is 2.67 bits per heavy atom. The van der Waals surface area contributed by atoms with Gasteiger partial charge in [-0.2, -0.15) is 0 Å². The number of sulfonamides is 1. The first-order valence-electron chi connectivity index (χ1n) is 10.7. The number of benzene rings is 2. The first-order valence-corrected chi connectivity index (χ1v) is 12.2. The highest BCUT2D eigenvalue weighted by molar-refractivity contribution is 7.90. The van der Waals surface area contributed by atoms with Crippen molar-refractivity contribution in [2.45, 2.75) is 36.4 Å². The lowest BCUT2D eigenvalue weighted by molar-refractivity contribution is -0.132. The average Bonchev–Trinajstić information content (AvgIpc) is 3.44. The second kappa shape index (κ2) is 9.80. The fourth-order valence-corrected chi connectivity index (χ4v) is 4.98. The lowest BCUT2D eigenvalue weighted by atomic mass is 9.98. The van der Waals surface area contributed by atoms with E-state index in [1.807, 2.05) is 16.9 Å². The maximum Gasteiger partial charge on any atom is 0.264 e. The molecule has 1 N–H and O–H groups in total. The molecule has 1 unspecified atom stereocenters. The molecule has 33 heavy (non-hydrogen) atoms. The number of carbonyl (C=O) groups excluding carboxylic acids is 2. The van der Waals surface area contributed by atoms with Crippen LogP contribution in [-0.4, -0.2) is 58.2 Å². The smallest absolute Gasteiger partial charge is 0.264 e. The average molecular weight is 475 g/mol. The van der Waals surface area contributed by atoms with Gasteiger partial charge in [0.15, 0.2) is 17.8 Å². The van der Waals surface area contributed by atoms with Gasteiger partial charge in [-0.15, -0.1) is 0 Å². The van der Waals surface area contributed by atoms with Crippen LogP contribution in [0, 0.1) is 0 Å². The number of methoxy groups -OCH3 is 1. The number of carbonyl (C=O) groups is 2. The highest BCUT2D eigenvalue weighted by atomic mass is 32.2. The number of nitrogens with one attached hydrogen (secondary N) is 1. The van der Waals surface area contributed by atoms with Gasteiger partial charge in [-0.3, -0.25) is 9.59 Å². The fraction of sp³-hybridized carbons (Fsp3) is 0.391. The van der Waals surface area contributed by atoms with Gasteiger partial charge in [0, 0.05) is 25.3 Å². The zero-order valence-electron chi connectivity index (χ0n) is 18.2. The van der Waals surface area contributed by atoms with Crippen LogP contribution < -0.4 is 14.2 Å². The minimum absolute atomic E-state index is 0.0130. The lowest BCUT2D eigenvalue weighted by Crippen LogP contribution is -2.40. The third kappa shape index (κ3) is 5.45. The van der Waals surface area contributed by atoms with Gasteiger partial charge < -0.3 is 19.1 Å². The summed E-state index contributed by atoms with van der Waals surface area (Å²) in [5.74, 6) is -0.0242. The number of likely N-dealkylation sites (tertiary alicyclic amines) is 1. The van der Waals surface area contributed by atoms with E-state index in [9.17, 15) is 18.0 Å². The normalized spacial score (nSPS) is 20.6. The molecule has 0 aliphatic carbocycles. The molecule has 2 saturated heterocycles. The van der Waals surface area contributed by atoms with E-state index in [0.717, 1.165) is 18.4 Å². The standard InChI is InChI=1S/C23H26N2O7S/c1-30-19-10-9-16(12-20(19)32-23-8-5-11-31-23)17-13-22(27)25(14-17)15-21(26)24-33(28,29)18-6-3-2-4-7-18/h2-4,6-7,9-10,12,17,23H,5,8,11,13-15H2,1H3,(H,24,26)/t17-,23?/m1/s1. The molecule has 0 aromatic heterocycles. The summed E-state index contributed by atoms with van der Waals surface area (Å²) in [5.41, 5.74) is 0.872. The van der Waals surface area contributed by atoms with Crippen LogP contribution >= 0.6 is 0 Å². The summed E-state index contributed by atoms with van der Waals surface area (Å²) in [6.07, 6.45) is 1.61. The topological polar surface area (TPSA) is 111 Å². The maximum absolute atomic E-state index is 12.5. The summed E-state index contributed by atoms with van der Waals surface area (Å²) >= 11 is 0. The Kier molecular flexibility index (Phi) is 6.85. The van der Waals surface area contributed by atoms with E-state index in [2.05, 4.69) is 0 Å². The molecule has 2 aromatic rings. The minimum Gasteiger partial charge on any atom is -0.493 e. The number of amides is 2. The monoisotopic (exact) mass is 474 g/mol. The van der Waals surface area contributed by atoms with Gasteiger partial charge in [-0.25, -0.2) is 13.1 Å². The molecule has 2 atom stereocenters. The van der Waals surface area contributed by atoms with Crippen molar-refractivity contribution < 1.29 is 32.2 Å². The van der Waals surface area contributed by atoms with Crippen molar-refractivity contribution in [2.24, 2.45) is 0 Å². The van der Waals surface area contributed by atoms with Crippen LogP contribution in [0.25, 0.3) is 0 Å². The summed E-state index contributed by atoms with van der Waals surface area (Å²) < 4.78 is 43.6. The molecule has 2 aromatic carbocycles. The predicted octanol–water partition coefficient (Wildman–Crippen LogP) is 2.03. The first-order chi connectivity index (χ1) is 15.9. The molecule has 2 amide bonds. The van der Waals surface area contributed by atoms with Gasteiger partial charge in [-0.05, 0) is 36.2 Å². The van der Waals surface area contributed by atoms with E-state index in [0.29, 0.717) is 24.7 Å². The van der Waals surface area contributed by atoms with Crippen LogP contribution in [0.15, 0.2) is 53.4 Å². The third-order valence-corrected chi connectivity index (χ3v) is 7.05. The highest BCUT2D eigenvalue weighted by Crippen LogP contribution is 2.36. The van der Waals surface area contributed by atoms with Crippen LogP contribution in [0.1, 0.15) is 30.7 Å². The van der Waals surface area contributed by atoms with E-state index < -0.39 is 15.9 Å². The summed E-state index contributed by atoms with van der Waals surface area (Å²) in [6.45, 7) is 0.612. The molecule has 9 nitrogen and oxygen atoms in total. The molecule has 0 bridgehead atoms. The summed E-state index contributed by atoms with van der Waals surface area (Å²) in [5, 5.41) is 0. The van der Waals surface area contributed by atoms with Crippen molar-refractivity contribution in [1.29, 1.82) is 0 Å². The van der Waals surface area contributed by atoms with E-state index in [1.165, 1.54) is 17.0 Å². The van der Waals surface area contributed by atoms with Crippen molar-refractivity contribution in [3.8, 4) is 11.5 Å². The molecule has 0 spiro atoms. The van der Waals surface area contributed by atoms with Crippen LogP contribution in [0.3, 0.4) is 0 Å². The van der Waals surface area contributed by atoms with E-state index >= 15 is 0 Å². The predicted molar refractivity (Wildman–Crippen MR) is 118 cm³/mol. The van der Waals surface area contributed by atoms with Gasteiger partial charge in [0.25, 0.3) is 15.9 Å². The van der Waals surface area contributed by atoms with Gasteiger partial charge >= 0.3 is 0 Å². The van der Waals surface area contributed by atoms with Gasteiger partial charge in [0.1, 0.15) is 6.54 Å². The van der Waals surface area contributed by atoms with Gasteiger partial charge in [0.2, 0.25) is 5.91 Å². The summed E-state index contributed by atoms with van der Waals surface area (Å²) in [4.78, 5) is 26.3. The largest absolute Gasteiger partial charge is 0.493 e. The van der Waals surface area contributed by atoms with Crippen molar-refractivity contribution in [3.63, 3.8) is 0 Å². The quantitative estimate of drug-likeness (QED) is 0.623. The fourth-order valence-electron chi connectivity index (χ4n) is 3.98. The van der Waals surface area contributed by atoms with Crippen LogP contribution in [0.2, 0.25) is 0 Å². The van der Waals surface area contributed by atoms with Gasteiger partial charge in [0.05, 0.1) is 18.6 Å². The number of rotatable bonds is 8. The SMILES string of the molecule is COc1ccc([C@@H]2CC(=O)N(CC(=O)NS(=O)(=O)c3ccccc3)C2)cc1OC1CCCO1. The Bertz CT molecular complexity index is 1110. The highest BCUT2D eigenvalue weighted by Gasteiger charge is 2.33. The molecular weight excluding hydrogens is 448 g/mol. The van der Waals surface area contributed by atoms with E-state index in [-0.39, 0.29) is 36.0 Å². The molecule has 2 fully saturated rings. The zero-order chi connectivity index (χ0) is 23.4. The van der Waals surface area contributed by atoms with Crippen LogP contribution in [-0.2, 0) is 24.3 Å². The van der Waals surface area contributed by atoms with Crippen LogP contribution in [0.5, 0.6) is 11.5 Å². The lowest BCUT2D eigenvalue weighted by Gasteiger charge is -2.19. The Balaban J connectivity index is 1.41. The molecule has 2 heterocycles.